The number of benzene rings is 2. The number of para-hydroxylation sites is 2. The van der Waals surface area contributed by atoms with E-state index in [0.717, 1.165) is 26.3 Å². The SMILES string of the molecule is COP1OCC(C(C)(C)C)CN1c1ccccc1.COP1OCC(C(C)(C)C)CN1c1ccccc1. The lowest BCUT2D eigenvalue weighted by atomic mass is 9.81. The van der Waals surface area contributed by atoms with Crippen molar-refractivity contribution in [1.82, 2.24) is 0 Å². The Bertz CT molecular complexity index is 830. The third-order valence-electron chi connectivity index (χ3n) is 6.82. The summed E-state index contributed by atoms with van der Waals surface area (Å²) in [7, 11) is 1.54. The second kappa shape index (κ2) is 13.0. The number of rotatable bonds is 4. The molecule has 2 aliphatic rings. The Morgan fingerprint density at radius 1 is 0.639 bits per heavy atom. The zero-order chi connectivity index (χ0) is 26.3. The summed E-state index contributed by atoms with van der Waals surface area (Å²) in [5.74, 6) is 1.04. The van der Waals surface area contributed by atoms with E-state index in [1.165, 1.54) is 11.4 Å². The van der Waals surface area contributed by atoms with Crippen LogP contribution in [0, 0.1) is 22.7 Å². The van der Waals surface area contributed by atoms with Crippen LogP contribution in [-0.4, -0.2) is 40.5 Å². The van der Waals surface area contributed by atoms with Crippen LogP contribution in [0.25, 0.3) is 0 Å². The lowest BCUT2D eigenvalue weighted by Gasteiger charge is -2.43. The molecular formula is C28H44N2O4P2. The highest BCUT2D eigenvalue weighted by atomic mass is 31.2. The van der Waals surface area contributed by atoms with Crippen LogP contribution in [0.3, 0.4) is 0 Å². The Hall–Kier alpha value is -1.26. The van der Waals surface area contributed by atoms with Gasteiger partial charge in [0.2, 0.25) is 0 Å². The second-order valence-corrected chi connectivity index (χ2v) is 14.6. The van der Waals surface area contributed by atoms with Crippen molar-refractivity contribution >= 4 is 28.4 Å². The predicted molar refractivity (Wildman–Crippen MR) is 153 cm³/mol. The van der Waals surface area contributed by atoms with E-state index in [-0.39, 0.29) is 10.8 Å². The van der Waals surface area contributed by atoms with Crippen LogP contribution in [0.2, 0.25) is 0 Å². The Balaban J connectivity index is 0.000000201. The zero-order valence-electron chi connectivity index (χ0n) is 23.2. The van der Waals surface area contributed by atoms with Gasteiger partial charge < -0.3 is 27.4 Å². The van der Waals surface area contributed by atoms with Gasteiger partial charge in [-0.25, -0.2) is 0 Å². The minimum absolute atomic E-state index is 0.252. The smallest absolute Gasteiger partial charge is 0.289 e. The maximum atomic E-state index is 5.90. The van der Waals surface area contributed by atoms with Crippen molar-refractivity contribution in [3.63, 3.8) is 0 Å². The maximum absolute atomic E-state index is 5.90. The molecule has 4 rings (SSSR count). The summed E-state index contributed by atoms with van der Waals surface area (Å²) in [6.45, 7) is 17.2. The summed E-state index contributed by atoms with van der Waals surface area (Å²) in [6.07, 6.45) is 0. The number of nitrogens with zero attached hydrogens (tertiary/aromatic N) is 2. The summed E-state index contributed by atoms with van der Waals surface area (Å²) >= 11 is 0. The van der Waals surface area contributed by atoms with Crippen molar-refractivity contribution in [2.45, 2.75) is 41.5 Å². The molecular weight excluding hydrogens is 490 g/mol. The molecule has 2 aromatic carbocycles. The van der Waals surface area contributed by atoms with Crippen LogP contribution >= 0.6 is 17.1 Å². The first-order chi connectivity index (χ1) is 17.0. The highest BCUT2D eigenvalue weighted by Gasteiger charge is 2.37. The molecule has 200 valence electrons. The summed E-state index contributed by atoms with van der Waals surface area (Å²) in [6, 6.07) is 20.7. The lowest BCUT2D eigenvalue weighted by molar-refractivity contribution is 0.130. The van der Waals surface area contributed by atoms with Gasteiger partial charge in [-0.1, -0.05) is 77.9 Å². The van der Waals surface area contributed by atoms with Crippen LogP contribution < -0.4 is 9.34 Å². The maximum Gasteiger partial charge on any atom is 0.289 e. The highest BCUT2D eigenvalue weighted by Crippen LogP contribution is 2.52. The number of hydrogen-bond acceptors (Lipinski definition) is 6. The largest absolute Gasteiger partial charge is 0.321 e. The van der Waals surface area contributed by atoms with E-state index in [9.17, 15) is 0 Å². The molecule has 2 fully saturated rings. The molecule has 36 heavy (non-hydrogen) atoms. The van der Waals surface area contributed by atoms with Crippen molar-refractivity contribution < 1.29 is 18.1 Å². The van der Waals surface area contributed by atoms with Gasteiger partial charge in [0.15, 0.2) is 0 Å². The van der Waals surface area contributed by atoms with Crippen molar-refractivity contribution in [2.24, 2.45) is 22.7 Å². The molecule has 6 nitrogen and oxygen atoms in total. The molecule has 2 aliphatic heterocycles. The van der Waals surface area contributed by atoms with Gasteiger partial charge in [0.1, 0.15) is 0 Å². The standard InChI is InChI=1S/2C14H22NO2P/c2*1-14(2,3)12-10-15(18(16-4)17-11-12)13-8-6-5-7-9-13/h2*5-9,12H,10-11H2,1-4H3. The van der Waals surface area contributed by atoms with Crippen molar-refractivity contribution in [1.29, 1.82) is 0 Å². The first-order valence-electron chi connectivity index (χ1n) is 12.6. The number of hydrogen-bond donors (Lipinski definition) is 0. The molecule has 0 spiro atoms. The van der Waals surface area contributed by atoms with E-state index in [2.05, 4.69) is 99.4 Å². The van der Waals surface area contributed by atoms with E-state index in [0.29, 0.717) is 11.8 Å². The quantitative estimate of drug-likeness (QED) is 0.369. The van der Waals surface area contributed by atoms with E-state index >= 15 is 0 Å². The summed E-state index contributed by atoms with van der Waals surface area (Å²) in [4.78, 5) is 0. The topological polar surface area (TPSA) is 43.4 Å². The lowest BCUT2D eigenvalue weighted by Crippen LogP contribution is -2.40. The Morgan fingerprint density at radius 3 is 1.25 bits per heavy atom. The van der Waals surface area contributed by atoms with Crippen molar-refractivity contribution in [3.05, 3.63) is 60.7 Å². The van der Waals surface area contributed by atoms with Crippen molar-refractivity contribution in [2.75, 3.05) is 49.9 Å². The summed E-state index contributed by atoms with van der Waals surface area (Å²) in [5, 5.41) is 0. The molecule has 0 aliphatic carbocycles. The molecule has 0 aromatic heterocycles. The molecule has 0 saturated carbocycles. The van der Waals surface area contributed by atoms with E-state index < -0.39 is 17.1 Å². The third kappa shape index (κ3) is 7.87. The fourth-order valence-corrected chi connectivity index (χ4v) is 6.86. The monoisotopic (exact) mass is 534 g/mol. The third-order valence-corrected chi connectivity index (χ3v) is 9.77. The molecule has 2 saturated heterocycles. The van der Waals surface area contributed by atoms with Gasteiger partial charge in [0.05, 0.1) is 13.2 Å². The van der Waals surface area contributed by atoms with Gasteiger partial charge in [0, 0.05) is 50.5 Å². The summed E-state index contributed by atoms with van der Waals surface area (Å²) in [5.41, 5.74) is 2.86. The molecule has 0 amide bonds. The first-order valence-corrected chi connectivity index (χ1v) is 14.9. The van der Waals surface area contributed by atoms with Crippen LogP contribution in [0.5, 0.6) is 0 Å². The molecule has 0 radical (unpaired) electrons. The zero-order valence-corrected chi connectivity index (χ0v) is 25.0. The highest BCUT2D eigenvalue weighted by molar-refractivity contribution is 7.49. The van der Waals surface area contributed by atoms with Crippen LogP contribution in [-0.2, 0) is 18.1 Å². The first kappa shape index (κ1) is 29.3. The number of anilines is 2. The molecule has 2 heterocycles. The molecule has 2 aromatic rings. The van der Waals surface area contributed by atoms with Gasteiger partial charge in [-0.15, -0.1) is 0 Å². The average Bonchev–Trinajstić information content (AvgIpc) is 2.88. The van der Waals surface area contributed by atoms with Crippen LogP contribution in [0.4, 0.5) is 11.4 Å². The molecule has 0 bridgehead atoms. The van der Waals surface area contributed by atoms with Gasteiger partial charge >= 0.3 is 0 Å². The van der Waals surface area contributed by atoms with Gasteiger partial charge in [-0.2, -0.15) is 0 Å². The Labute approximate surface area is 221 Å². The Morgan fingerprint density at radius 2 is 0.972 bits per heavy atom. The van der Waals surface area contributed by atoms with Gasteiger partial charge in [-0.05, 0) is 35.1 Å². The van der Waals surface area contributed by atoms with Crippen LogP contribution in [0.15, 0.2) is 60.7 Å². The fourth-order valence-electron chi connectivity index (χ4n) is 4.05. The minimum Gasteiger partial charge on any atom is -0.321 e. The fraction of sp³-hybridized carbons (Fsp3) is 0.571. The van der Waals surface area contributed by atoms with E-state index in [1.807, 2.05) is 12.1 Å². The van der Waals surface area contributed by atoms with Gasteiger partial charge in [0.25, 0.3) is 17.1 Å². The molecule has 4 unspecified atom stereocenters. The molecule has 4 atom stereocenters. The van der Waals surface area contributed by atoms with E-state index in [1.54, 1.807) is 14.2 Å². The normalized spacial score (nSPS) is 25.2. The average molecular weight is 535 g/mol. The van der Waals surface area contributed by atoms with Crippen molar-refractivity contribution in [3.8, 4) is 0 Å². The van der Waals surface area contributed by atoms with Gasteiger partial charge in [-0.3, -0.25) is 0 Å². The predicted octanol–water partition coefficient (Wildman–Crippen LogP) is 8.12. The second-order valence-electron chi connectivity index (χ2n) is 11.4. The Kier molecular flexibility index (Phi) is 10.6. The minimum atomic E-state index is -0.950. The van der Waals surface area contributed by atoms with E-state index in [4.69, 9.17) is 18.1 Å². The summed E-state index contributed by atoms with van der Waals surface area (Å²) < 4.78 is 27.3. The molecule has 8 heteroatoms. The molecule has 0 N–H and O–H groups in total. The van der Waals surface area contributed by atoms with Crippen LogP contribution in [0.1, 0.15) is 41.5 Å².